The van der Waals surface area contributed by atoms with E-state index in [1.165, 1.54) is 29.6 Å². The topological polar surface area (TPSA) is 76.2 Å². The molecule has 1 atom stereocenters. The first kappa shape index (κ1) is 19.4. The van der Waals surface area contributed by atoms with Gasteiger partial charge in [0.15, 0.2) is 0 Å². The van der Waals surface area contributed by atoms with Gasteiger partial charge in [0.25, 0.3) is 0 Å². The molecular weight excluding hydrogens is 380 g/mol. The van der Waals surface area contributed by atoms with Crippen LogP contribution in [-0.4, -0.2) is 70.0 Å². The molecule has 2 heterocycles. The van der Waals surface area contributed by atoms with Gasteiger partial charge in [-0.3, -0.25) is 4.79 Å². The van der Waals surface area contributed by atoms with Crippen molar-refractivity contribution < 1.29 is 22.7 Å². The molecule has 1 amide bonds. The van der Waals surface area contributed by atoms with Crippen LogP contribution in [0.2, 0.25) is 5.02 Å². The number of halogens is 1. The van der Waals surface area contributed by atoms with Crippen LogP contribution in [0.25, 0.3) is 0 Å². The molecule has 0 spiro atoms. The van der Waals surface area contributed by atoms with Crippen LogP contribution >= 0.6 is 11.6 Å². The summed E-state index contributed by atoms with van der Waals surface area (Å²) in [6.07, 6.45) is 1.36. The molecule has 0 unspecified atom stereocenters. The van der Waals surface area contributed by atoms with E-state index in [1.807, 2.05) is 0 Å². The third-order valence-corrected chi connectivity index (χ3v) is 6.97. The maximum absolute atomic E-state index is 13.0. The Bertz CT molecular complexity index is 764. The Morgan fingerprint density at radius 2 is 2.00 bits per heavy atom. The number of carbonyl (C=O) groups excluding carboxylic acids is 1. The first-order valence-electron chi connectivity index (χ1n) is 8.63. The van der Waals surface area contributed by atoms with Crippen LogP contribution in [0.5, 0.6) is 5.75 Å². The maximum Gasteiger partial charge on any atom is 0.243 e. The fourth-order valence-corrected chi connectivity index (χ4v) is 5.23. The molecule has 0 radical (unpaired) electrons. The minimum atomic E-state index is -3.71. The van der Waals surface area contributed by atoms with Gasteiger partial charge in [-0.05, 0) is 31.0 Å². The second-order valence-corrected chi connectivity index (χ2v) is 8.78. The molecule has 0 aromatic heterocycles. The zero-order chi connectivity index (χ0) is 18.7. The van der Waals surface area contributed by atoms with Crippen molar-refractivity contribution in [3.05, 3.63) is 23.2 Å². The molecule has 2 aliphatic heterocycles. The highest BCUT2D eigenvalue weighted by Crippen LogP contribution is 2.30. The van der Waals surface area contributed by atoms with E-state index >= 15 is 0 Å². The Morgan fingerprint density at radius 1 is 1.27 bits per heavy atom. The Balaban J connectivity index is 1.75. The predicted octanol–water partition coefficient (Wildman–Crippen LogP) is 1.61. The van der Waals surface area contributed by atoms with Gasteiger partial charge >= 0.3 is 0 Å². The predicted molar refractivity (Wildman–Crippen MR) is 96.9 cm³/mol. The average Bonchev–Trinajstić information content (AvgIpc) is 2.68. The lowest BCUT2D eigenvalue weighted by molar-refractivity contribution is -0.140. The lowest BCUT2D eigenvalue weighted by Gasteiger charge is -2.35. The second kappa shape index (κ2) is 8.12. The maximum atomic E-state index is 13.0. The number of benzene rings is 1. The Hall–Kier alpha value is -1.35. The molecule has 0 aliphatic carbocycles. The molecule has 144 valence electrons. The molecule has 0 bridgehead atoms. The molecule has 2 fully saturated rings. The van der Waals surface area contributed by atoms with Gasteiger partial charge in [0.2, 0.25) is 15.9 Å². The molecule has 0 N–H and O–H groups in total. The van der Waals surface area contributed by atoms with Gasteiger partial charge in [-0.1, -0.05) is 11.6 Å². The van der Waals surface area contributed by atoms with Gasteiger partial charge in [0.05, 0.1) is 36.2 Å². The van der Waals surface area contributed by atoms with Crippen LogP contribution in [0.1, 0.15) is 12.8 Å². The smallest absolute Gasteiger partial charge is 0.243 e. The second-order valence-electron chi connectivity index (χ2n) is 6.44. The summed E-state index contributed by atoms with van der Waals surface area (Å²) in [5, 5.41) is 0.242. The highest BCUT2D eigenvalue weighted by atomic mass is 35.5. The summed E-state index contributed by atoms with van der Waals surface area (Å²) in [6, 6.07) is 4.41. The fraction of sp³-hybridized carbons (Fsp3) is 0.588. The average molecular weight is 403 g/mol. The van der Waals surface area contributed by atoms with Crippen LogP contribution in [0, 0.1) is 5.92 Å². The number of hydrogen-bond donors (Lipinski definition) is 0. The van der Waals surface area contributed by atoms with Crippen molar-refractivity contribution in [1.82, 2.24) is 9.21 Å². The van der Waals surface area contributed by atoms with Crippen molar-refractivity contribution >= 4 is 27.5 Å². The van der Waals surface area contributed by atoms with Crippen molar-refractivity contribution in [3.63, 3.8) is 0 Å². The Morgan fingerprint density at radius 3 is 2.65 bits per heavy atom. The lowest BCUT2D eigenvalue weighted by Crippen LogP contribution is -2.49. The summed E-state index contributed by atoms with van der Waals surface area (Å²) in [7, 11) is -2.23. The van der Waals surface area contributed by atoms with E-state index in [2.05, 4.69) is 0 Å². The largest absolute Gasteiger partial charge is 0.495 e. The summed E-state index contributed by atoms with van der Waals surface area (Å²) in [5.41, 5.74) is 0. The number of morpholine rings is 1. The van der Waals surface area contributed by atoms with Gasteiger partial charge in [-0.15, -0.1) is 0 Å². The minimum absolute atomic E-state index is 0.0148. The summed E-state index contributed by atoms with van der Waals surface area (Å²) in [5.74, 6) is 0.121. The first-order chi connectivity index (χ1) is 12.4. The molecule has 0 saturated carbocycles. The van der Waals surface area contributed by atoms with E-state index in [9.17, 15) is 13.2 Å². The lowest BCUT2D eigenvalue weighted by atomic mass is 9.98. The van der Waals surface area contributed by atoms with Crippen LogP contribution < -0.4 is 4.74 Å². The molecule has 3 rings (SSSR count). The van der Waals surface area contributed by atoms with Crippen molar-refractivity contribution in [2.45, 2.75) is 17.7 Å². The molecule has 2 saturated heterocycles. The SMILES string of the molecule is COc1ccc(S(=O)(=O)N2CCC[C@H](C(=O)N3CCOCC3)C2)cc1Cl. The third kappa shape index (κ3) is 3.98. The van der Waals surface area contributed by atoms with E-state index in [4.69, 9.17) is 21.1 Å². The summed E-state index contributed by atoms with van der Waals surface area (Å²) in [6.45, 7) is 2.79. The Labute approximate surface area is 158 Å². The third-order valence-electron chi connectivity index (χ3n) is 4.82. The summed E-state index contributed by atoms with van der Waals surface area (Å²) in [4.78, 5) is 14.6. The minimum Gasteiger partial charge on any atom is -0.495 e. The number of ether oxygens (including phenoxy) is 2. The van der Waals surface area contributed by atoms with Crippen LogP contribution in [0.15, 0.2) is 23.1 Å². The number of rotatable bonds is 4. The van der Waals surface area contributed by atoms with Crippen molar-refractivity contribution in [1.29, 1.82) is 0 Å². The van der Waals surface area contributed by atoms with Crippen molar-refractivity contribution in [2.75, 3.05) is 46.5 Å². The van der Waals surface area contributed by atoms with Gasteiger partial charge < -0.3 is 14.4 Å². The number of sulfonamides is 1. The summed E-state index contributed by atoms with van der Waals surface area (Å²) >= 11 is 6.07. The monoisotopic (exact) mass is 402 g/mol. The molecule has 9 heteroatoms. The molecule has 26 heavy (non-hydrogen) atoms. The van der Waals surface area contributed by atoms with Crippen molar-refractivity contribution in [3.8, 4) is 5.75 Å². The molecular formula is C17H23ClN2O5S. The highest BCUT2D eigenvalue weighted by Gasteiger charge is 2.35. The van der Waals surface area contributed by atoms with Crippen LogP contribution in [0.4, 0.5) is 0 Å². The van der Waals surface area contributed by atoms with Crippen LogP contribution in [0.3, 0.4) is 0 Å². The standard InChI is InChI=1S/C17H23ClN2O5S/c1-24-16-5-4-14(11-15(16)18)26(22,23)20-6-2-3-13(12-20)17(21)19-7-9-25-10-8-19/h4-5,11,13H,2-3,6-10,12H2,1H3/t13-/m0/s1. The zero-order valence-corrected chi connectivity index (χ0v) is 16.3. The molecule has 2 aliphatic rings. The van der Waals surface area contributed by atoms with E-state index in [0.29, 0.717) is 51.4 Å². The molecule has 1 aromatic carbocycles. The normalized spacial score (nSPS) is 22.2. The van der Waals surface area contributed by atoms with Gasteiger partial charge in [-0.25, -0.2) is 8.42 Å². The molecule has 1 aromatic rings. The van der Waals surface area contributed by atoms with E-state index in [-0.39, 0.29) is 28.3 Å². The number of nitrogens with zero attached hydrogens (tertiary/aromatic N) is 2. The van der Waals surface area contributed by atoms with E-state index in [1.54, 1.807) is 4.90 Å². The quantitative estimate of drug-likeness (QED) is 0.764. The highest BCUT2D eigenvalue weighted by molar-refractivity contribution is 7.89. The van der Waals surface area contributed by atoms with Gasteiger partial charge in [-0.2, -0.15) is 4.31 Å². The number of hydrogen-bond acceptors (Lipinski definition) is 5. The van der Waals surface area contributed by atoms with Crippen LogP contribution in [-0.2, 0) is 19.6 Å². The number of methoxy groups -OCH3 is 1. The number of carbonyl (C=O) groups is 1. The van der Waals surface area contributed by atoms with Crippen molar-refractivity contribution in [2.24, 2.45) is 5.92 Å². The summed E-state index contributed by atoms with van der Waals surface area (Å²) < 4.78 is 37.7. The number of amides is 1. The Kier molecular flexibility index (Phi) is 6.06. The van der Waals surface area contributed by atoms with E-state index < -0.39 is 10.0 Å². The zero-order valence-electron chi connectivity index (χ0n) is 14.7. The van der Waals surface area contributed by atoms with Gasteiger partial charge in [0, 0.05) is 26.2 Å². The van der Waals surface area contributed by atoms with Gasteiger partial charge in [0.1, 0.15) is 5.75 Å². The molecule has 7 nitrogen and oxygen atoms in total. The fourth-order valence-electron chi connectivity index (χ4n) is 3.36. The number of piperidine rings is 1. The first-order valence-corrected chi connectivity index (χ1v) is 10.5. The van der Waals surface area contributed by atoms with E-state index in [0.717, 1.165) is 0 Å².